The molecule has 100 valence electrons. The Kier molecular flexibility index (Phi) is 7.16. The van der Waals surface area contributed by atoms with Gasteiger partial charge in [-0.25, -0.2) is 0 Å². The van der Waals surface area contributed by atoms with Gasteiger partial charge in [0.25, 0.3) is 0 Å². The van der Waals surface area contributed by atoms with Crippen LogP contribution in [0.25, 0.3) is 0 Å². The number of ether oxygens (including phenoxy) is 1. The van der Waals surface area contributed by atoms with E-state index in [-0.39, 0.29) is 18.6 Å². The predicted molar refractivity (Wildman–Crippen MR) is 65.8 cm³/mol. The largest absolute Gasteiger partial charge is 0.396 e. The Morgan fingerprint density at radius 1 is 1.35 bits per heavy atom. The summed E-state index contributed by atoms with van der Waals surface area (Å²) in [5, 5.41) is 11.9. The number of morpholine rings is 1. The van der Waals surface area contributed by atoms with Crippen molar-refractivity contribution in [2.45, 2.75) is 32.2 Å². The molecule has 0 radical (unpaired) electrons. The first-order valence-electron chi connectivity index (χ1n) is 6.46. The van der Waals surface area contributed by atoms with Crippen molar-refractivity contribution in [3.8, 4) is 0 Å². The SMILES string of the molecule is CC(NCCCCCO)C(=O)N1CCOCC1. The van der Waals surface area contributed by atoms with Gasteiger partial charge in [0.15, 0.2) is 0 Å². The lowest BCUT2D eigenvalue weighted by Gasteiger charge is -2.29. The lowest BCUT2D eigenvalue weighted by molar-refractivity contribution is -0.137. The van der Waals surface area contributed by atoms with Crippen molar-refractivity contribution in [3.05, 3.63) is 0 Å². The van der Waals surface area contributed by atoms with Crippen molar-refractivity contribution >= 4 is 5.91 Å². The number of nitrogens with one attached hydrogen (secondary N) is 1. The molecule has 0 aromatic carbocycles. The van der Waals surface area contributed by atoms with Crippen molar-refractivity contribution in [3.63, 3.8) is 0 Å². The Balaban J connectivity index is 2.12. The Hall–Kier alpha value is -0.650. The number of aliphatic hydroxyl groups is 1. The lowest BCUT2D eigenvalue weighted by atomic mass is 10.2. The van der Waals surface area contributed by atoms with E-state index in [1.807, 2.05) is 11.8 Å². The number of amides is 1. The Morgan fingerprint density at radius 2 is 2.06 bits per heavy atom. The summed E-state index contributed by atoms with van der Waals surface area (Å²) >= 11 is 0. The van der Waals surface area contributed by atoms with E-state index in [2.05, 4.69) is 5.32 Å². The highest BCUT2D eigenvalue weighted by Crippen LogP contribution is 2.01. The highest BCUT2D eigenvalue weighted by Gasteiger charge is 2.21. The third-order valence-corrected chi connectivity index (χ3v) is 2.98. The minimum absolute atomic E-state index is 0.123. The van der Waals surface area contributed by atoms with Gasteiger partial charge in [-0.1, -0.05) is 0 Å². The number of carbonyl (C=O) groups excluding carboxylic acids is 1. The lowest BCUT2D eigenvalue weighted by Crippen LogP contribution is -2.49. The summed E-state index contributed by atoms with van der Waals surface area (Å²) < 4.78 is 5.22. The Labute approximate surface area is 103 Å². The maximum atomic E-state index is 12.0. The first-order chi connectivity index (χ1) is 8.25. The molecule has 0 aliphatic carbocycles. The van der Waals surface area contributed by atoms with Crippen LogP contribution >= 0.6 is 0 Å². The minimum Gasteiger partial charge on any atom is -0.396 e. The maximum Gasteiger partial charge on any atom is 0.239 e. The van der Waals surface area contributed by atoms with E-state index in [1.165, 1.54) is 0 Å². The fraction of sp³-hybridized carbons (Fsp3) is 0.917. The fourth-order valence-electron chi connectivity index (χ4n) is 1.88. The number of carbonyl (C=O) groups is 1. The molecule has 1 aliphatic rings. The molecular weight excluding hydrogens is 220 g/mol. The van der Waals surface area contributed by atoms with Gasteiger partial charge in [0.1, 0.15) is 0 Å². The number of nitrogens with zero attached hydrogens (tertiary/aromatic N) is 1. The quantitative estimate of drug-likeness (QED) is 0.618. The van der Waals surface area contributed by atoms with Crippen LogP contribution in [-0.4, -0.2) is 61.4 Å². The first kappa shape index (κ1) is 14.4. The standard InChI is InChI=1S/C12H24N2O3/c1-11(13-5-3-2-4-8-15)12(16)14-6-9-17-10-7-14/h11,13,15H,2-10H2,1H3. The van der Waals surface area contributed by atoms with Crippen LogP contribution in [-0.2, 0) is 9.53 Å². The maximum absolute atomic E-state index is 12.0. The van der Waals surface area contributed by atoms with Gasteiger partial charge in [0, 0.05) is 19.7 Å². The van der Waals surface area contributed by atoms with Crippen LogP contribution in [0.5, 0.6) is 0 Å². The van der Waals surface area contributed by atoms with Gasteiger partial charge in [0.05, 0.1) is 19.3 Å². The summed E-state index contributed by atoms with van der Waals surface area (Å²) in [6, 6.07) is -0.123. The van der Waals surface area contributed by atoms with Crippen LogP contribution in [0.1, 0.15) is 26.2 Å². The van der Waals surface area contributed by atoms with E-state index < -0.39 is 0 Å². The van der Waals surface area contributed by atoms with Crippen LogP contribution < -0.4 is 5.32 Å². The second kappa shape index (κ2) is 8.44. The molecule has 5 nitrogen and oxygen atoms in total. The predicted octanol–water partition coefficient (Wildman–Crippen LogP) is -0.0141. The average molecular weight is 244 g/mol. The second-order valence-corrected chi connectivity index (χ2v) is 4.40. The molecule has 0 saturated carbocycles. The number of hydrogen-bond acceptors (Lipinski definition) is 4. The minimum atomic E-state index is -0.123. The van der Waals surface area contributed by atoms with Crippen LogP contribution in [0, 0.1) is 0 Å². The van der Waals surface area contributed by atoms with Gasteiger partial charge in [-0.2, -0.15) is 0 Å². The summed E-state index contributed by atoms with van der Waals surface area (Å²) in [6.45, 7) is 5.69. The molecule has 5 heteroatoms. The Morgan fingerprint density at radius 3 is 2.71 bits per heavy atom. The fourth-order valence-corrected chi connectivity index (χ4v) is 1.88. The molecule has 1 rings (SSSR count). The Bertz CT molecular complexity index is 218. The van der Waals surface area contributed by atoms with Gasteiger partial charge in [-0.15, -0.1) is 0 Å². The summed E-state index contributed by atoms with van der Waals surface area (Å²) in [6.07, 6.45) is 2.84. The zero-order chi connectivity index (χ0) is 12.5. The topological polar surface area (TPSA) is 61.8 Å². The molecule has 2 N–H and O–H groups in total. The zero-order valence-electron chi connectivity index (χ0n) is 10.7. The molecule has 1 unspecified atom stereocenters. The van der Waals surface area contributed by atoms with Gasteiger partial charge in [-0.3, -0.25) is 4.79 Å². The molecule has 1 heterocycles. The van der Waals surface area contributed by atoms with Crippen LogP contribution in [0.3, 0.4) is 0 Å². The molecule has 0 aromatic heterocycles. The highest BCUT2D eigenvalue weighted by atomic mass is 16.5. The third-order valence-electron chi connectivity index (χ3n) is 2.98. The van der Waals surface area contributed by atoms with Crippen molar-refractivity contribution in [2.75, 3.05) is 39.5 Å². The van der Waals surface area contributed by atoms with Crippen molar-refractivity contribution in [1.29, 1.82) is 0 Å². The van der Waals surface area contributed by atoms with Crippen LogP contribution in [0.2, 0.25) is 0 Å². The molecule has 0 spiro atoms. The highest BCUT2D eigenvalue weighted by molar-refractivity contribution is 5.81. The first-order valence-corrected chi connectivity index (χ1v) is 6.46. The monoisotopic (exact) mass is 244 g/mol. The summed E-state index contributed by atoms with van der Waals surface area (Å²) in [5.74, 6) is 0.162. The smallest absolute Gasteiger partial charge is 0.239 e. The molecule has 1 atom stereocenters. The molecule has 0 bridgehead atoms. The van der Waals surface area contributed by atoms with Gasteiger partial charge in [-0.05, 0) is 32.7 Å². The molecule has 1 fully saturated rings. The van der Waals surface area contributed by atoms with Gasteiger partial charge >= 0.3 is 0 Å². The molecule has 1 saturated heterocycles. The van der Waals surface area contributed by atoms with Gasteiger partial charge in [0.2, 0.25) is 5.91 Å². The second-order valence-electron chi connectivity index (χ2n) is 4.40. The van der Waals surface area contributed by atoms with Crippen molar-refractivity contribution in [2.24, 2.45) is 0 Å². The van der Waals surface area contributed by atoms with E-state index in [0.717, 1.165) is 25.8 Å². The van der Waals surface area contributed by atoms with E-state index in [0.29, 0.717) is 26.3 Å². The van der Waals surface area contributed by atoms with Crippen molar-refractivity contribution in [1.82, 2.24) is 10.2 Å². The summed E-state index contributed by atoms with van der Waals surface area (Å²) in [5.41, 5.74) is 0. The zero-order valence-corrected chi connectivity index (χ0v) is 10.7. The van der Waals surface area contributed by atoms with E-state index in [1.54, 1.807) is 0 Å². The van der Waals surface area contributed by atoms with E-state index in [4.69, 9.17) is 9.84 Å². The van der Waals surface area contributed by atoms with Crippen LogP contribution in [0.4, 0.5) is 0 Å². The van der Waals surface area contributed by atoms with Crippen molar-refractivity contribution < 1.29 is 14.6 Å². The molecular formula is C12H24N2O3. The van der Waals surface area contributed by atoms with Crippen LogP contribution in [0.15, 0.2) is 0 Å². The van der Waals surface area contributed by atoms with E-state index >= 15 is 0 Å². The summed E-state index contributed by atoms with van der Waals surface area (Å²) in [7, 11) is 0. The molecule has 1 aliphatic heterocycles. The molecule has 0 aromatic rings. The third kappa shape index (κ3) is 5.48. The molecule has 17 heavy (non-hydrogen) atoms. The molecule has 1 amide bonds. The number of hydrogen-bond donors (Lipinski definition) is 2. The van der Waals surface area contributed by atoms with E-state index in [9.17, 15) is 4.79 Å². The number of aliphatic hydroxyl groups excluding tert-OH is 1. The number of rotatable bonds is 7. The summed E-state index contributed by atoms with van der Waals surface area (Å²) in [4.78, 5) is 13.8. The number of unbranched alkanes of at least 4 members (excludes halogenated alkanes) is 2. The average Bonchev–Trinajstić information content (AvgIpc) is 2.38. The normalized spacial score (nSPS) is 18.1. The van der Waals surface area contributed by atoms with Gasteiger partial charge < -0.3 is 20.1 Å².